The average molecular weight is 193 g/mol. The fourth-order valence-corrected chi connectivity index (χ4v) is 1.91. The quantitative estimate of drug-likeness (QED) is 0.630. The summed E-state index contributed by atoms with van der Waals surface area (Å²) in [6.07, 6.45) is 0.286. The lowest BCUT2D eigenvalue weighted by Gasteiger charge is -2.30. The lowest BCUT2D eigenvalue weighted by Crippen LogP contribution is -3.15. The first-order chi connectivity index (χ1) is 5.72. The van der Waals surface area contributed by atoms with Gasteiger partial charge >= 0.3 is 0 Å². The van der Waals surface area contributed by atoms with Gasteiger partial charge in [-0.25, -0.2) is 0 Å². The molecule has 0 aromatic heterocycles. The maximum absolute atomic E-state index is 5.74. The first kappa shape index (κ1) is 10.3. The molecule has 1 saturated heterocycles. The van der Waals surface area contributed by atoms with Crippen LogP contribution in [0, 0.1) is 5.92 Å². The van der Waals surface area contributed by atoms with E-state index in [0.717, 1.165) is 25.6 Å². The third-order valence-corrected chi connectivity index (χ3v) is 2.54. The number of quaternary nitrogens is 1. The molecule has 1 aliphatic rings. The van der Waals surface area contributed by atoms with Crippen LogP contribution in [0.1, 0.15) is 13.8 Å². The molecule has 0 aromatic carbocycles. The van der Waals surface area contributed by atoms with Gasteiger partial charge in [0.2, 0.25) is 0 Å². The molecule has 12 heavy (non-hydrogen) atoms. The second-order valence-corrected chi connectivity index (χ2v) is 4.26. The Morgan fingerprint density at radius 3 is 2.92 bits per heavy atom. The van der Waals surface area contributed by atoms with Gasteiger partial charge in [0.1, 0.15) is 19.2 Å². The van der Waals surface area contributed by atoms with Crippen LogP contribution in [0.3, 0.4) is 0 Å². The normalized spacial score (nSPS) is 31.0. The second-order valence-electron chi connectivity index (χ2n) is 3.95. The first-order valence-electron chi connectivity index (χ1n) is 4.73. The van der Waals surface area contributed by atoms with Gasteiger partial charge in [-0.3, -0.25) is 0 Å². The minimum Gasteiger partial charge on any atom is -0.365 e. The van der Waals surface area contributed by atoms with Crippen molar-refractivity contribution in [1.82, 2.24) is 0 Å². The molecule has 72 valence electrons. The Balaban J connectivity index is 2.25. The van der Waals surface area contributed by atoms with E-state index in [2.05, 4.69) is 13.8 Å². The number of ether oxygens (including phenoxy) is 1. The largest absolute Gasteiger partial charge is 0.365 e. The highest BCUT2D eigenvalue weighted by atomic mass is 35.5. The van der Waals surface area contributed by atoms with Crippen molar-refractivity contribution in [2.45, 2.75) is 20.0 Å². The number of morpholine rings is 1. The summed E-state index contributed by atoms with van der Waals surface area (Å²) >= 11 is 5.74. The minimum atomic E-state index is 0.286. The number of nitrogens with one attached hydrogen (secondary N) is 1. The van der Waals surface area contributed by atoms with Crippen molar-refractivity contribution in [3.05, 3.63) is 0 Å². The van der Waals surface area contributed by atoms with Crippen LogP contribution in [-0.4, -0.2) is 38.2 Å². The van der Waals surface area contributed by atoms with Crippen LogP contribution >= 0.6 is 11.6 Å². The predicted molar refractivity (Wildman–Crippen MR) is 50.9 cm³/mol. The van der Waals surface area contributed by atoms with E-state index >= 15 is 0 Å². The standard InChI is InChI=1S/C9H18ClNO/c1-8(2)6-11-3-4-12-9(5-10)7-11/h8-9H,3-7H2,1-2H3/p+1/t9-/m0/s1. The van der Waals surface area contributed by atoms with E-state index in [4.69, 9.17) is 16.3 Å². The Morgan fingerprint density at radius 2 is 2.33 bits per heavy atom. The second kappa shape index (κ2) is 5.05. The lowest BCUT2D eigenvalue weighted by molar-refractivity contribution is -0.914. The number of hydrogen-bond donors (Lipinski definition) is 1. The summed E-state index contributed by atoms with van der Waals surface area (Å²) in [7, 11) is 0. The Hall–Kier alpha value is 0.210. The van der Waals surface area contributed by atoms with E-state index in [-0.39, 0.29) is 6.10 Å². The van der Waals surface area contributed by atoms with E-state index in [1.165, 1.54) is 6.54 Å². The van der Waals surface area contributed by atoms with Crippen molar-refractivity contribution in [1.29, 1.82) is 0 Å². The number of halogens is 1. The molecule has 0 aromatic rings. The van der Waals surface area contributed by atoms with Gasteiger partial charge in [0.05, 0.1) is 19.0 Å². The third kappa shape index (κ3) is 3.30. The molecule has 0 radical (unpaired) electrons. The van der Waals surface area contributed by atoms with Crippen LogP contribution in [0.5, 0.6) is 0 Å². The van der Waals surface area contributed by atoms with Gasteiger partial charge in [-0.1, -0.05) is 13.8 Å². The molecule has 0 bridgehead atoms. The fourth-order valence-electron chi connectivity index (χ4n) is 1.71. The zero-order valence-electron chi connectivity index (χ0n) is 7.98. The molecular formula is C9H19ClNO+. The minimum absolute atomic E-state index is 0.286. The zero-order valence-corrected chi connectivity index (χ0v) is 8.73. The summed E-state index contributed by atoms with van der Waals surface area (Å²) in [6.45, 7) is 8.87. The molecule has 1 aliphatic heterocycles. The molecule has 1 N–H and O–H groups in total. The van der Waals surface area contributed by atoms with E-state index in [9.17, 15) is 0 Å². The number of hydrogen-bond acceptors (Lipinski definition) is 1. The van der Waals surface area contributed by atoms with Gasteiger partial charge in [0, 0.05) is 5.92 Å². The maximum Gasteiger partial charge on any atom is 0.120 e. The average Bonchev–Trinajstić information content (AvgIpc) is 2.03. The maximum atomic E-state index is 5.74. The Labute approximate surface area is 79.8 Å². The third-order valence-electron chi connectivity index (χ3n) is 2.19. The molecule has 2 nitrogen and oxygen atoms in total. The van der Waals surface area contributed by atoms with Crippen LogP contribution < -0.4 is 4.90 Å². The number of rotatable bonds is 3. The van der Waals surface area contributed by atoms with E-state index in [1.807, 2.05) is 0 Å². The molecule has 1 rings (SSSR count). The molecule has 2 atom stereocenters. The van der Waals surface area contributed by atoms with E-state index in [1.54, 1.807) is 4.90 Å². The van der Waals surface area contributed by atoms with Gasteiger partial charge < -0.3 is 9.64 Å². The van der Waals surface area contributed by atoms with Crippen molar-refractivity contribution >= 4 is 11.6 Å². The summed E-state index contributed by atoms with van der Waals surface area (Å²) in [5.74, 6) is 1.41. The molecule has 1 fully saturated rings. The van der Waals surface area contributed by atoms with Gasteiger partial charge in [-0.15, -0.1) is 11.6 Å². The topological polar surface area (TPSA) is 13.7 Å². The Bertz CT molecular complexity index is 130. The van der Waals surface area contributed by atoms with Crippen LogP contribution in [-0.2, 0) is 4.74 Å². The molecule has 0 saturated carbocycles. The smallest absolute Gasteiger partial charge is 0.120 e. The van der Waals surface area contributed by atoms with Gasteiger partial charge in [0.15, 0.2) is 0 Å². The Morgan fingerprint density at radius 1 is 1.58 bits per heavy atom. The van der Waals surface area contributed by atoms with Crippen LogP contribution in [0.15, 0.2) is 0 Å². The van der Waals surface area contributed by atoms with Gasteiger partial charge in [-0.2, -0.15) is 0 Å². The van der Waals surface area contributed by atoms with Crippen molar-refractivity contribution in [2.24, 2.45) is 5.92 Å². The Kier molecular flexibility index (Phi) is 4.33. The monoisotopic (exact) mass is 192 g/mol. The molecular weight excluding hydrogens is 174 g/mol. The molecule has 0 aliphatic carbocycles. The highest BCUT2D eigenvalue weighted by Gasteiger charge is 2.22. The molecule has 1 unspecified atom stereocenters. The molecule has 1 heterocycles. The highest BCUT2D eigenvalue weighted by molar-refractivity contribution is 6.18. The number of alkyl halides is 1. The summed E-state index contributed by atoms with van der Waals surface area (Å²) in [4.78, 5) is 1.64. The summed E-state index contributed by atoms with van der Waals surface area (Å²) in [5.41, 5.74) is 0. The van der Waals surface area contributed by atoms with Gasteiger partial charge in [0.25, 0.3) is 0 Å². The van der Waals surface area contributed by atoms with Crippen molar-refractivity contribution in [2.75, 3.05) is 32.1 Å². The van der Waals surface area contributed by atoms with Crippen LogP contribution in [0.2, 0.25) is 0 Å². The predicted octanol–water partition coefficient (Wildman–Crippen LogP) is 0.165. The summed E-state index contributed by atoms with van der Waals surface area (Å²) in [5, 5.41) is 0. The summed E-state index contributed by atoms with van der Waals surface area (Å²) < 4.78 is 5.49. The van der Waals surface area contributed by atoms with Crippen LogP contribution in [0.4, 0.5) is 0 Å². The van der Waals surface area contributed by atoms with E-state index < -0.39 is 0 Å². The van der Waals surface area contributed by atoms with Crippen molar-refractivity contribution in [3.8, 4) is 0 Å². The fraction of sp³-hybridized carbons (Fsp3) is 1.00. The van der Waals surface area contributed by atoms with Crippen molar-refractivity contribution < 1.29 is 9.64 Å². The molecule has 3 heteroatoms. The highest BCUT2D eigenvalue weighted by Crippen LogP contribution is 1.96. The van der Waals surface area contributed by atoms with Crippen molar-refractivity contribution in [3.63, 3.8) is 0 Å². The molecule has 0 amide bonds. The van der Waals surface area contributed by atoms with Crippen LogP contribution in [0.25, 0.3) is 0 Å². The summed E-state index contributed by atoms with van der Waals surface area (Å²) in [6, 6.07) is 0. The first-order valence-corrected chi connectivity index (χ1v) is 5.27. The van der Waals surface area contributed by atoms with Gasteiger partial charge in [-0.05, 0) is 0 Å². The molecule has 0 spiro atoms. The SMILES string of the molecule is CC(C)C[NH+]1CCO[C@@H](CCl)C1. The van der Waals surface area contributed by atoms with E-state index in [0.29, 0.717) is 5.88 Å². The lowest BCUT2D eigenvalue weighted by atomic mass is 10.2. The zero-order chi connectivity index (χ0) is 8.97.